The Balaban J connectivity index is 1.76. The Hall–Kier alpha value is -3.14. The smallest absolute Gasteiger partial charge is 0.351 e. The van der Waals surface area contributed by atoms with Crippen molar-refractivity contribution in [1.29, 1.82) is 0 Å². The number of halogens is 3. The average Bonchev–Trinajstić information content (AvgIpc) is 2.71. The van der Waals surface area contributed by atoms with Gasteiger partial charge in [-0.1, -0.05) is 30.4 Å². The molecule has 0 saturated carbocycles. The third-order valence-corrected chi connectivity index (χ3v) is 6.59. The molecule has 2 atom stereocenters. The molecular weight excluding hydrogens is 457 g/mol. The first-order valence-electron chi connectivity index (χ1n) is 10.0. The zero-order valence-electron chi connectivity index (χ0n) is 18.2. The standard InChI is InChI=1S/C23H23F3N2O4S/c1-14-11-16(8-10-20(14)33(3,31)32)13-27-21(29)19-9-7-15(2)28(22(19)30)18-6-4-5-17(12-18)23(24,25)26/h4-12,15,19H,13H2,1-3H3,(H,27,29). The summed E-state index contributed by atoms with van der Waals surface area (Å²) in [5.41, 5.74) is 0.339. The molecule has 3 rings (SSSR count). The fraction of sp³-hybridized carbons (Fsp3) is 0.304. The van der Waals surface area contributed by atoms with Crippen LogP contribution in [0.3, 0.4) is 0 Å². The Morgan fingerprint density at radius 1 is 1.12 bits per heavy atom. The van der Waals surface area contributed by atoms with Gasteiger partial charge in [0.25, 0.3) is 0 Å². The maximum atomic E-state index is 13.1. The van der Waals surface area contributed by atoms with Crippen LogP contribution in [0.15, 0.2) is 59.5 Å². The van der Waals surface area contributed by atoms with Crippen LogP contribution >= 0.6 is 0 Å². The molecule has 176 valence electrons. The van der Waals surface area contributed by atoms with Gasteiger partial charge in [0.1, 0.15) is 5.92 Å². The predicted octanol–water partition coefficient (Wildman–Crippen LogP) is 3.64. The van der Waals surface area contributed by atoms with Gasteiger partial charge in [0.05, 0.1) is 16.5 Å². The second-order valence-corrected chi connectivity index (χ2v) is 9.93. The molecule has 2 aromatic carbocycles. The molecule has 2 unspecified atom stereocenters. The van der Waals surface area contributed by atoms with Gasteiger partial charge in [-0.3, -0.25) is 9.59 Å². The van der Waals surface area contributed by atoms with Crippen LogP contribution in [0.2, 0.25) is 0 Å². The molecule has 1 N–H and O–H groups in total. The van der Waals surface area contributed by atoms with E-state index in [2.05, 4.69) is 5.32 Å². The third-order valence-electron chi connectivity index (χ3n) is 5.33. The Morgan fingerprint density at radius 2 is 1.82 bits per heavy atom. The van der Waals surface area contributed by atoms with Crippen molar-refractivity contribution in [2.75, 3.05) is 11.2 Å². The minimum atomic E-state index is -4.56. The SMILES string of the molecule is Cc1cc(CNC(=O)C2C=CC(C)N(c3cccc(C(F)(F)F)c3)C2=O)ccc1S(C)(=O)=O. The van der Waals surface area contributed by atoms with Crippen LogP contribution in [-0.2, 0) is 32.1 Å². The summed E-state index contributed by atoms with van der Waals surface area (Å²) in [6.45, 7) is 3.35. The minimum Gasteiger partial charge on any atom is -0.351 e. The summed E-state index contributed by atoms with van der Waals surface area (Å²) in [6.07, 6.45) is -0.425. The number of nitrogens with one attached hydrogen (secondary N) is 1. The van der Waals surface area contributed by atoms with Crippen molar-refractivity contribution >= 4 is 27.3 Å². The molecule has 2 amide bonds. The minimum absolute atomic E-state index is 0.0523. The van der Waals surface area contributed by atoms with E-state index in [0.29, 0.717) is 11.1 Å². The highest BCUT2D eigenvalue weighted by Gasteiger charge is 2.36. The Morgan fingerprint density at radius 3 is 2.42 bits per heavy atom. The lowest BCUT2D eigenvalue weighted by Gasteiger charge is -2.33. The highest BCUT2D eigenvalue weighted by atomic mass is 32.2. The number of alkyl halides is 3. The fourth-order valence-corrected chi connectivity index (χ4v) is 4.68. The Kier molecular flexibility index (Phi) is 6.69. The molecular formula is C23H23F3N2O4S. The normalized spacial score (nSPS) is 19.0. The molecule has 0 bridgehead atoms. The van der Waals surface area contributed by atoms with Crippen molar-refractivity contribution < 1.29 is 31.2 Å². The van der Waals surface area contributed by atoms with Crippen molar-refractivity contribution in [2.45, 2.75) is 37.5 Å². The van der Waals surface area contributed by atoms with Gasteiger partial charge in [0, 0.05) is 18.5 Å². The Bertz CT molecular complexity index is 1220. The van der Waals surface area contributed by atoms with Gasteiger partial charge < -0.3 is 10.2 Å². The van der Waals surface area contributed by atoms with E-state index in [-0.39, 0.29) is 17.1 Å². The molecule has 1 heterocycles. The van der Waals surface area contributed by atoms with Crippen LogP contribution in [0.25, 0.3) is 0 Å². The van der Waals surface area contributed by atoms with E-state index in [1.807, 2.05) is 0 Å². The molecule has 6 nitrogen and oxygen atoms in total. The molecule has 0 radical (unpaired) electrons. The Labute approximate surface area is 190 Å². The van der Waals surface area contributed by atoms with Gasteiger partial charge in [0.15, 0.2) is 9.84 Å². The second-order valence-electron chi connectivity index (χ2n) is 7.95. The number of amides is 2. The van der Waals surface area contributed by atoms with E-state index >= 15 is 0 Å². The number of benzene rings is 2. The van der Waals surface area contributed by atoms with E-state index in [9.17, 15) is 31.2 Å². The first-order chi connectivity index (χ1) is 15.3. The van der Waals surface area contributed by atoms with E-state index in [4.69, 9.17) is 0 Å². The summed E-state index contributed by atoms with van der Waals surface area (Å²) in [5, 5.41) is 2.64. The molecule has 2 aromatic rings. The summed E-state index contributed by atoms with van der Waals surface area (Å²) in [5.74, 6) is -2.44. The van der Waals surface area contributed by atoms with Crippen LogP contribution < -0.4 is 10.2 Å². The van der Waals surface area contributed by atoms with Crippen LogP contribution in [-0.4, -0.2) is 32.5 Å². The van der Waals surface area contributed by atoms with Gasteiger partial charge in [0.2, 0.25) is 11.8 Å². The number of rotatable bonds is 5. The monoisotopic (exact) mass is 480 g/mol. The van der Waals surface area contributed by atoms with Gasteiger partial charge in [-0.25, -0.2) is 8.42 Å². The van der Waals surface area contributed by atoms with E-state index in [1.165, 1.54) is 29.2 Å². The van der Waals surface area contributed by atoms with Crippen molar-refractivity contribution in [3.63, 3.8) is 0 Å². The summed E-state index contributed by atoms with van der Waals surface area (Å²) in [7, 11) is -3.37. The van der Waals surface area contributed by atoms with Gasteiger partial charge in [-0.15, -0.1) is 0 Å². The van der Waals surface area contributed by atoms with Crippen molar-refractivity contribution in [2.24, 2.45) is 5.92 Å². The van der Waals surface area contributed by atoms with E-state index < -0.39 is 45.4 Å². The maximum Gasteiger partial charge on any atom is 0.416 e. The number of carbonyl (C=O) groups excluding carboxylic acids is 2. The maximum absolute atomic E-state index is 13.1. The number of nitrogens with zero attached hydrogens (tertiary/aromatic N) is 1. The molecule has 0 saturated heterocycles. The van der Waals surface area contributed by atoms with E-state index in [0.717, 1.165) is 18.4 Å². The molecule has 1 aliphatic rings. The number of carbonyl (C=O) groups is 2. The number of hydrogen-bond acceptors (Lipinski definition) is 4. The number of hydrogen-bond donors (Lipinski definition) is 1. The van der Waals surface area contributed by atoms with Crippen molar-refractivity contribution in [3.8, 4) is 0 Å². The summed E-state index contributed by atoms with van der Waals surface area (Å²) >= 11 is 0. The first-order valence-corrected chi connectivity index (χ1v) is 11.9. The molecule has 33 heavy (non-hydrogen) atoms. The summed E-state index contributed by atoms with van der Waals surface area (Å²) in [6, 6.07) is 8.53. The number of anilines is 1. The second kappa shape index (κ2) is 9.01. The average molecular weight is 481 g/mol. The van der Waals surface area contributed by atoms with Gasteiger partial charge in [-0.05, 0) is 49.2 Å². The molecule has 0 aliphatic carbocycles. The molecule has 0 spiro atoms. The van der Waals surface area contributed by atoms with Crippen molar-refractivity contribution in [3.05, 3.63) is 71.3 Å². The molecule has 10 heteroatoms. The lowest BCUT2D eigenvalue weighted by Crippen LogP contribution is -2.49. The molecule has 1 aliphatic heterocycles. The lowest BCUT2D eigenvalue weighted by molar-refractivity contribution is -0.138. The zero-order valence-corrected chi connectivity index (χ0v) is 19.0. The number of aryl methyl sites for hydroxylation is 1. The van der Waals surface area contributed by atoms with E-state index in [1.54, 1.807) is 32.1 Å². The molecule has 0 aromatic heterocycles. The van der Waals surface area contributed by atoms with Gasteiger partial charge >= 0.3 is 6.18 Å². The van der Waals surface area contributed by atoms with Crippen LogP contribution in [0.5, 0.6) is 0 Å². The highest BCUT2D eigenvalue weighted by Crippen LogP contribution is 2.33. The van der Waals surface area contributed by atoms with Gasteiger partial charge in [-0.2, -0.15) is 13.2 Å². The summed E-state index contributed by atoms with van der Waals surface area (Å²) < 4.78 is 62.8. The molecule has 0 fully saturated rings. The van der Waals surface area contributed by atoms with Crippen LogP contribution in [0, 0.1) is 12.8 Å². The third kappa shape index (κ3) is 5.44. The van der Waals surface area contributed by atoms with Crippen LogP contribution in [0.4, 0.5) is 18.9 Å². The predicted molar refractivity (Wildman–Crippen MR) is 117 cm³/mol. The largest absolute Gasteiger partial charge is 0.416 e. The highest BCUT2D eigenvalue weighted by molar-refractivity contribution is 7.90. The summed E-state index contributed by atoms with van der Waals surface area (Å²) in [4.78, 5) is 27.1. The lowest BCUT2D eigenvalue weighted by atomic mass is 9.98. The van der Waals surface area contributed by atoms with Crippen LogP contribution in [0.1, 0.15) is 23.6 Å². The zero-order chi connectivity index (χ0) is 24.6. The topological polar surface area (TPSA) is 83.6 Å². The first kappa shape index (κ1) is 24.5. The quantitative estimate of drug-likeness (QED) is 0.523. The van der Waals surface area contributed by atoms with Crippen molar-refractivity contribution in [1.82, 2.24) is 5.32 Å². The fourth-order valence-electron chi connectivity index (χ4n) is 3.72. The number of sulfone groups is 1.